The largest absolute Gasteiger partial charge is 0.434 e. The second-order valence-corrected chi connectivity index (χ2v) is 7.44. The molecule has 0 bridgehead atoms. The van der Waals surface area contributed by atoms with Gasteiger partial charge in [-0.2, -0.15) is 0 Å². The van der Waals surface area contributed by atoms with E-state index in [9.17, 15) is 0 Å². The van der Waals surface area contributed by atoms with Gasteiger partial charge < -0.3 is 25.5 Å². The van der Waals surface area contributed by atoms with Gasteiger partial charge in [0.1, 0.15) is 17.2 Å². The lowest BCUT2D eigenvalue weighted by Gasteiger charge is -1.96. The Morgan fingerprint density at radius 3 is 2.38 bits per heavy atom. The second-order valence-electron chi connectivity index (χ2n) is 7.44. The van der Waals surface area contributed by atoms with Gasteiger partial charge in [-0.15, -0.1) is 0 Å². The van der Waals surface area contributed by atoms with Crippen molar-refractivity contribution in [1.82, 2.24) is 24.9 Å². The number of aromatic nitrogens is 5. The summed E-state index contributed by atoms with van der Waals surface area (Å²) >= 11 is 0. The highest BCUT2D eigenvalue weighted by Crippen LogP contribution is 2.29. The third-order valence-corrected chi connectivity index (χ3v) is 5.33. The number of rotatable bonds is 4. The van der Waals surface area contributed by atoms with Crippen molar-refractivity contribution in [3.05, 3.63) is 65.7 Å². The molecule has 0 unspecified atom stereocenters. The van der Waals surface area contributed by atoms with E-state index in [0.717, 1.165) is 33.2 Å². The molecule has 6 N–H and O–H groups in total. The number of benzene rings is 3. The van der Waals surface area contributed by atoms with E-state index in [1.807, 2.05) is 36.4 Å². The number of aromatic amines is 2. The van der Waals surface area contributed by atoms with Crippen LogP contribution in [0, 0.1) is 10.8 Å². The normalized spacial score (nSPS) is 11.5. The highest BCUT2D eigenvalue weighted by Gasteiger charge is 2.15. The van der Waals surface area contributed by atoms with E-state index in [4.69, 9.17) is 21.0 Å². The van der Waals surface area contributed by atoms with Crippen molar-refractivity contribution in [2.45, 2.75) is 0 Å². The van der Waals surface area contributed by atoms with Crippen LogP contribution < -0.4 is 5.73 Å². The van der Waals surface area contributed by atoms with E-state index in [2.05, 4.69) is 24.9 Å². The quantitative estimate of drug-likeness (QED) is 0.213. The molecule has 9 nitrogen and oxygen atoms in total. The molecule has 0 fully saturated rings. The van der Waals surface area contributed by atoms with Crippen LogP contribution in [0.1, 0.15) is 11.1 Å². The first-order valence-corrected chi connectivity index (χ1v) is 9.83. The number of H-pyrrole nitrogens is 2. The minimum Gasteiger partial charge on any atom is -0.434 e. The van der Waals surface area contributed by atoms with E-state index in [-0.39, 0.29) is 5.84 Å². The molecule has 0 atom stereocenters. The van der Waals surface area contributed by atoms with Gasteiger partial charge in [-0.3, -0.25) is 5.41 Å². The molecule has 154 valence electrons. The van der Waals surface area contributed by atoms with Crippen molar-refractivity contribution in [2.24, 2.45) is 5.73 Å². The number of nitrogens with two attached hydrogens (primary N) is 1. The smallest absolute Gasteiger partial charge is 0.264 e. The minimum atomic E-state index is -0.00271. The van der Waals surface area contributed by atoms with Crippen LogP contribution in [0.5, 0.6) is 0 Å². The third-order valence-electron chi connectivity index (χ3n) is 5.33. The Kier molecular flexibility index (Phi) is 3.72. The Bertz CT molecular complexity index is 1690. The SMILES string of the molecule is N=Cc1ccc2nc(-c3ccc4nc(-c5nc6ccc(C(=N)N)cc6[nH]5)oc4c3)[nH]c2c1. The molecule has 0 spiro atoms. The number of oxazole rings is 1. The molecule has 3 aromatic carbocycles. The number of fused-ring (bicyclic) bond motifs is 3. The van der Waals surface area contributed by atoms with Crippen LogP contribution in [0.3, 0.4) is 0 Å². The second kappa shape index (κ2) is 6.61. The summed E-state index contributed by atoms with van der Waals surface area (Å²) in [6, 6.07) is 16.7. The van der Waals surface area contributed by atoms with Crippen LogP contribution in [0.2, 0.25) is 0 Å². The summed E-state index contributed by atoms with van der Waals surface area (Å²) in [7, 11) is 0. The van der Waals surface area contributed by atoms with Crippen LogP contribution in [-0.2, 0) is 0 Å². The van der Waals surface area contributed by atoms with Gasteiger partial charge >= 0.3 is 0 Å². The van der Waals surface area contributed by atoms with Crippen molar-refractivity contribution in [3.63, 3.8) is 0 Å². The van der Waals surface area contributed by atoms with E-state index in [1.54, 1.807) is 18.2 Å². The molecule has 6 rings (SSSR count). The van der Waals surface area contributed by atoms with Crippen molar-refractivity contribution < 1.29 is 4.42 Å². The Morgan fingerprint density at radius 1 is 0.844 bits per heavy atom. The third kappa shape index (κ3) is 2.83. The molecule has 3 heterocycles. The number of imidazole rings is 2. The number of nitrogens with zero attached hydrogens (tertiary/aromatic N) is 3. The molecule has 0 aliphatic rings. The fourth-order valence-electron chi connectivity index (χ4n) is 3.71. The lowest BCUT2D eigenvalue weighted by Crippen LogP contribution is -2.10. The molecule has 0 radical (unpaired) electrons. The predicted molar refractivity (Wildman–Crippen MR) is 123 cm³/mol. The average molecular weight is 420 g/mol. The maximum absolute atomic E-state index is 7.60. The molecule has 0 amide bonds. The topological polar surface area (TPSA) is 157 Å². The van der Waals surface area contributed by atoms with Crippen LogP contribution >= 0.6 is 0 Å². The van der Waals surface area contributed by atoms with E-state index in [1.165, 1.54) is 6.21 Å². The highest BCUT2D eigenvalue weighted by atomic mass is 16.3. The maximum atomic E-state index is 7.60. The van der Waals surface area contributed by atoms with Crippen molar-refractivity contribution in [2.75, 3.05) is 0 Å². The Morgan fingerprint density at radius 2 is 1.56 bits per heavy atom. The molecule has 32 heavy (non-hydrogen) atoms. The maximum Gasteiger partial charge on any atom is 0.264 e. The molecule has 6 aromatic rings. The molecular weight excluding hydrogens is 404 g/mol. The summed E-state index contributed by atoms with van der Waals surface area (Å²) < 4.78 is 5.99. The first-order chi connectivity index (χ1) is 15.6. The zero-order valence-corrected chi connectivity index (χ0v) is 16.6. The summed E-state index contributed by atoms with van der Waals surface area (Å²) in [4.78, 5) is 20.2. The zero-order chi connectivity index (χ0) is 21.8. The number of hydrogen-bond acceptors (Lipinski definition) is 6. The first kappa shape index (κ1) is 18.0. The lowest BCUT2D eigenvalue weighted by molar-refractivity contribution is 0.614. The van der Waals surface area contributed by atoms with Gasteiger partial charge in [0.15, 0.2) is 11.4 Å². The lowest BCUT2D eigenvalue weighted by atomic mass is 10.2. The minimum absolute atomic E-state index is 0.00271. The summed E-state index contributed by atoms with van der Waals surface area (Å²) in [5.41, 5.74) is 12.4. The van der Waals surface area contributed by atoms with Gasteiger partial charge in [0.2, 0.25) is 0 Å². The van der Waals surface area contributed by atoms with Gasteiger partial charge in [0.05, 0.1) is 22.1 Å². The van der Waals surface area contributed by atoms with Crippen LogP contribution in [0.15, 0.2) is 59.0 Å². The van der Waals surface area contributed by atoms with E-state index < -0.39 is 0 Å². The van der Waals surface area contributed by atoms with Crippen molar-refractivity contribution in [1.29, 1.82) is 10.8 Å². The Balaban J connectivity index is 1.40. The van der Waals surface area contributed by atoms with Gasteiger partial charge in [-0.25, -0.2) is 15.0 Å². The predicted octanol–water partition coefficient (Wildman–Crippen LogP) is 4.20. The fraction of sp³-hybridized carbons (Fsp3) is 0. The number of nitrogen functional groups attached to an aromatic ring is 1. The first-order valence-electron chi connectivity index (χ1n) is 9.83. The van der Waals surface area contributed by atoms with Gasteiger partial charge in [0.25, 0.3) is 5.89 Å². The van der Waals surface area contributed by atoms with E-state index >= 15 is 0 Å². The van der Waals surface area contributed by atoms with Gasteiger partial charge in [0, 0.05) is 17.3 Å². The van der Waals surface area contributed by atoms with Gasteiger partial charge in [-0.1, -0.05) is 6.07 Å². The summed E-state index contributed by atoms with van der Waals surface area (Å²) in [6.45, 7) is 0. The van der Waals surface area contributed by atoms with Gasteiger partial charge in [-0.05, 0) is 54.1 Å². The molecule has 3 aromatic heterocycles. The molecule has 0 aliphatic carbocycles. The van der Waals surface area contributed by atoms with Crippen molar-refractivity contribution in [3.8, 4) is 23.1 Å². The molecule has 0 saturated heterocycles. The van der Waals surface area contributed by atoms with Crippen LogP contribution in [0.4, 0.5) is 0 Å². The molecule has 0 saturated carbocycles. The number of nitrogens with one attached hydrogen (secondary N) is 4. The standard InChI is InChI=1S/C23H16N8O/c24-10-11-1-4-14-17(7-11)29-21(27-14)13-3-6-16-19(9-13)32-23(31-16)22-28-15-5-2-12(20(25)26)8-18(15)30-22/h1-10,24H,(H3,25,26)(H,27,29)(H,28,30). The van der Waals surface area contributed by atoms with Crippen LogP contribution in [0.25, 0.3) is 56.3 Å². The summed E-state index contributed by atoms with van der Waals surface area (Å²) in [6.07, 6.45) is 1.31. The monoisotopic (exact) mass is 420 g/mol. The molecule has 9 heteroatoms. The van der Waals surface area contributed by atoms with Crippen LogP contribution in [-0.4, -0.2) is 37.0 Å². The number of hydrogen-bond donors (Lipinski definition) is 5. The molecular formula is C23H16N8O. The zero-order valence-electron chi connectivity index (χ0n) is 16.6. The average Bonchev–Trinajstić information content (AvgIpc) is 3.52. The summed E-state index contributed by atoms with van der Waals surface area (Å²) in [5, 5.41) is 15.0. The highest BCUT2D eigenvalue weighted by molar-refractivity contribution is 5.98. The fourth-order valence-corrected chi connectivity index (χ4v) is 3.71. The Hall–Kier alpha value is -4.79. The van der Waals surface area contributed by atoms with Crippen molar-refractivity contribution >= 4 is 45.2 Å². The molecule has 0 aliphatic heterocycles. The van der Waals surface area contributed by atoms with E-state index in [0.29, 0.717) is 34.2 Å². The number of amidine groups is 1. The Labute approximate surface area is 180 Å². The summed E-state index contributed by atoms with van der Waals surface area (Å²) in [5.74, 6) is 1.58.